The molecule has 0 bridgehead atoms. The lowest BCUT2D eigenvalue weighted by Crippen LogP contribution is -2.26. The van der Waals surface area contributed by atoms with Gasteiger partial charge in [-0.05, 0) is 80.2 Å². The first-order valence-corrected chi connectivity index (χ1v) is 13.8. The third-order valence-corrected chi connectivity index (χ3v) is 8.75. The third-order valence-electron chi connectivity index (χ3n) is 8.75. The quantitative estimate of drug-likeness (QED) is 0.380. The highest BCUT2D eigenvalue weighted by Gasteiger charge is 2.32. The molecule has 0 spiro atoms. The molecule has 2 aromatic rings. The molecule has 2 aliphatic rings. The summed E-state index contributed by atoms with van der Waals surface area (Å²) >= 11 is 0. The summed E-state index contributed by atoms with van der Waals surface area (Å²) in [4.78, 5) is 0. The summed E-state index contributed by atoms with van der Waals surface area (Å²) < 4.78 is 49.6. The first-order chi connectivity index (χ1) is 16.9. The predicted octanol–water partition coefficient (Wildman–Crippen LogP) is 8.88. The number of aliphatic hydroxyl groups is 1. The van der Waals surface area contributed by atoms with Crippen molar-refractivity contribution in [3.8, 4) is 5.75 Å². The van der Waals surface area contributed by atoms with E-state index in [1.807, 2.05) is 0 Å². The van der Waals surface area contributed by atoms with E-state index in [1.54, 1.807) is 6.92 Å². The van der Waals surface area contributed by atoms with Crippen molar-refractivity contribution in [1.29, 1.82) is 0 Å². The predicted molar refractivity (Wildman–Crippen MR) is 135 cm³/mol. The van der Waals surface area contributed by atoms with Crippen LogP contribution in [-0.2, 0) is 0 Å². The monoisotopic (exact) mass is 490 g/mol. The van der Waals surface area contributed by atoms with Crippen molar-refractivity contribution in [2.45, 2.75) is 97.0 Å². The average molecular weight is 491 g/mol. The molecule has 0 heterocycles. The van der Waals surface area contributed by atoms with Gasteiger partial charge in [0.2, 0.25) is 0 Å². The fourth-order valence-electron chi connectivity index (χ4n) is 6.67. The number of rotatable bonds is 9. The smallest absolute Gasteiger partial charge is 0.175 e. The molecule has 2 saturated carbocycles. The highest BCUT2D eigenvalue weighted by molar-refractivity contribution is 5.86. The van der Waals surface area contributed by atoms with Gasteiger partial charge in [-0.15, -0.1) is 0 Å². The van der Waals surface area contributed by atoms with Gasteiger partial charge < -0.3 is 9.84 Å². The first kappa shape index (κ1) is 26.3. The summed E-state index contributed by atoms with van der Waals surface area (Å²) in [5, 5.41) is 10.6. The van der Waals surface area contributed by atoms with Crippen LogP contribution in [0, 0.1) is 41.1 Å². The van der Waals surface area contributed by atoms with E-state index in [-0.39, 0.29) is 23.3 Å². The number of hydrogen-bond donors (Lipinski definition) is 1. The van der Waals surface area contributed by atoms with Crippen LogP contribution >= 0.6 is 0 Å². The maximum absolute atomic E-state index is 14.9. The Morgan fingerprint density at radius 1 is 0.857 bits per heavy atom. The van der Waals surface area contributed by atoms with Crippen molar-refractivity contribution < 1.29 is 23.0 Å². The molecular formula is C30H41F3O2. The van der Waals surface area contributed by atoms with Crippen molar-refractivity contribution >= 4 is 10.8 Å². The van der Waals surface area contributed by atoms with Crippen molar-refractivity contribution in [3.05, 3.63) is 41.2 Å². The second-order valence-corrected chi connectivity index (χ2v) is 11.0. The summed E-state index contributed by atoms with van der Waals surface area (Å²) in [6, 6.07) is 4.33. The van der Waals surface area contributed by atoms with E-state index < -0.39 is 28.9 Å². The SMILES string of the molecule is CCCC[C@H]1CC[C@H]([C@H]2CC[C@H](CC(O)c3cc4ccc(OCC)c(F)c4c(F)c3F)CC2)CC1. The number of unbranched alkanes of at least 4 members (excludes halogenated alkanes) is 1. The molecule has 194 valence electrons. The molecule has 1 atom stereocenters. The Morgan fingerprint density at radius 3 is 2.09 bits per heavy atom. The zero-order valence-corrected chi connectivity index (χ0v) is 21.3. The van der Waals surface area contributed by atoms with E-state index in [9.17, 15) is 18.3 Å². The average Bonchev–Trinajstić information content (AvgIpc) is 2.87. The van der Waals surface area contributed by atoms with Crippen molar-refractivity contribution in [2.24, 2.45) is 23.7 Å². The fraction of sp³-hybridized carbons (Fsp3) is 0.667. The van der Waals surface area contributed by atoms with Gasteiger partial charge in [-0.1, -0.05) is 57.9 Å². The number of hydrogen-bond acceptors (Lipinski definition) is 2. The van der Waals surface area contributed by atoms with E-state index >= 15 is 0 Å². The highest BCUT2D eigenvalue weighted by atomic mass is 19.2. The summed E-state index contributed by atoms with van der Waals surface area (Å²) in [5.41, 5.74) is -0.0777. The van der Waals surface area contributed by atoms with Gasteiger partial charge in [-0.3, -0.25) is 0 Å². The van der Waals surface area contributed by atoms with E-state index in [2.05, 4.69) is 6.92 Å². The van der Waals surface area contributed by atoms with E-state index in [4.69, 9.17) is 4.74 Å². The van der Waals surface area contributed by atoms with Crippen LogP contribution in [0.1, 0.15) is 103 Å². The molecule has 2 aliphatic carbocycles. The number of halogens is 3. The summed E-state index contributed by atoms with van der Waals surface area (Å²) in [7, 11) is 0. The second-order valence-electron chi connectivity index (χ2n) is 11.0. The molecule has 0 aromatic heterocycles. The van der Waals surface area contributed by atoms with Gasteiger partial charge in [0.15, 0.2) is 23.2 Å². The molecule has 2 aromatic carbocycles. The van der Waals surface area contributed by atoms with Gasteiger partial charge in [-0.2, -0.15) is 0 Å². The molecule has 4 rings (SSSR count). The Morgan fingerprint density at radius 2 is 1.49 bits per heavy atom. The lowest BCUT2D eigenvalue weighted by Gasteiger charge is -2.38. The maximum Gasteiger partial charge on any atom is 0.175 e. The van der Waals surface area contributed by atoms with E-state index in [1.165, 1.54) is 76.0 Å². The second kappa shape index (κ2) is 12.0. The number of ether oxygens (including phenoxy) is 1. The molecule has 35 heavy (non-hydrogen) atoms. The van der Waals surface area contributed by atoms with Crippen LogP contribution in [0.5, 0.6) is 5.75 Å². The molecule has 2 nitrogen and oxygen atoms in total. The van der Waals surface area contributed by atoms with Gasteiger partial charge >= 0.3 is 0 Å². The van der Waals surface area contributed by atoms with Crippen LogP contribution in [0.3, 0.4) is 0 Å². The minimum atomic E-state index is -1.26. The summed E-state index contributed by atoms with van der Waals surface area (Å²) in [6.07, 6.45) is 13.2. The van der Waals surface area contributed by atoms with Crippen molar-refractivity contribution in [2.75, 3.05) is 6.61 Å². The number of fused-ring (bicyclic) bond motifs is 1. The van der Waals surface area contributed by atoms with Crippen LogP contribution < -0.4 is 4.74 Å². The van der Waals surface area contributed by atoms with Crippen LogP contribution in [0.2, 0.25) is 0 Å². The molecule has 0 saturated heterocycles. The fourth-order valence-corrected chi connectivity index (χ4v) is 6.67. The number of benzene rings is 2. The van der Waals surface area contributed by atoms with Gasteiger partial charge in [0, 0.05) is 5.56 Å². The lowest BCUT2D eigenvalue weighted by atomic mass is 9.68. The van der Waals surface area contributed by atoms with Crippen LogP contribution in [0.25, 0.3) is 10.8 Å². The van der Waals surface area contributed by atoms with E-state index in [0.29, 0.717) is 12.3 Å². The van der Waals surface area contributed by atoms with Crippen LogP contribution in [0.15, 0.2) is 18.2 Å². The topological polar surface area (TPSA) is 29.5 Å². The van der Waals surface area contributed by atoms with Crippen molar-refractivity contribution in [3.63, 3.8) is 0 Å². The molecule has 2 fully saturated rings. The Hall–Kier alpha value is -1.75. The molecule has 1 N–H and O–H groups in total. The molecule has 0 radical (unpaired) electrons. The Kier molecular flexibility index (Phi) is 9.02. The lowest BCUT2D eigenvalue weighted by molar-refractivity contribution is 0.0985. The maximum atomic E-state index is 14.9. The zero-order valence-electron chi connectivity index (χ0n) is 21.3. The van der Waals surface area contributed by atoms with Gasteiger partial charge in [0.25, 0.3) is 0 Å². The van der Waals surface area contributed by atoms with Crippen LogP contribution in [-0.4, -0.2) is 11.7 Å². The number of aliphatic hydroxyl groups excluding tert-OH is 1. The van der Waals surface area contributed by atoms with Crippen molar-refractivity contribution in [1.82, 2.24) is 0 Å². The third kappa shape index (κ3) is 5.98. The molecule has 0 aliphatic heterocycles. The normalized spacial score (nSPS) is 26.1. The first-order valence-electron chi connectivity index (χ1n) is 13.8. The minimum Gasteiger partial charge on any atom is -0.491 e. The highest BCUT2D eigenvalue weighted by Crippen LogP contribution is 2.44. The zero-order chi connectivity index (χ0) is 24.9. The molecule has 5 heteroatoms. The molecular weight excluding hydrogens is 449 g/mol. The van der Waals surface area contributed by atoms with Gasteiger partial charge in [0.05, 0.1) is 18.1 Å². The van der Waals surface area contributed by atoms with Crippen LogP contribution in [0.4, 0.5) is 13.2 Å². The van der Waals surface area contributed by atoms with Gasteiger partial charge in [-0.25, -0.2) is 13.2 Å². The molecule has 1 unspecified atom stereocenters. The van der Waals surface area contributed by atoms with E-state index in [0.717, 1.165) is 30.6 Å². The minimum absolute atomic E-state index is 0.0777. The largest absolute Gasteiger partial charge is 0.491 e. The Labute approximate surface area is 208 Å². The standard InChI is InChI=1S/C30H41F3O2/c1-3-5-6-19-7-11-21(12-8-19)22-13-9-20(10-14-22)17-25(34)24-18-23-15-16-26(35-4-2)29(32)27(23)30(33)28(24)31/h15-16,18-22,25,34H,3-14,17H2,1-2H3/t19-,20-,21-,22-,25?. The van der Waals surface area contributed by atoms with Gasteiger partial charge in [0.1, 0.15) is 0 Å². The Balaban J connectivity index is 1.35. The Bertz CT molecular complexity index is 975. The molecule has 0 amide bonds. The summed E-state index contributed by atoms with van der Waals surface area (Å²) in [5.74, 6) is -0.584. The summed E-state index contributed by atoms with van der Waals surface area (Å²) in [6.45, 7) is 4.20.